The van der Waals surface area contributed by atoms with Gasteiger partial charge in [-0.2, -0.15) is 8.78 Å². The standard InChI is InChI=1S/C16H22Cl2F2N4O/c1-21-16(22-7-10-3-4-24(2)9-10)23-8-11-5-12(17)6-13(18)14(11)25-15(19)20/h5-6,10,15H,3-4,7-9H2,1-2H3,(H2,21,22,23). The molecule has 1 saturated heterocycles. The molecule has 1 aliphatic rings. The Hall–Kier alpha value is -1.31. The second kappa shape index (κ2) is 9.40. The number of ether oxygens (including phenoxy) is 1. The van der Waals surface area contributed by atoms with Crippen molar-refractivity contribution >= 4 is 29.2 Å². The van der Waals surface area contributed by atoms with E-state index in [1.54, 1.807) is 7.05 Å². The molecule has 25 heavy (non-hydrogen) atoms. The summed E-state index contributed by atoms with van der Waals surface area (Å²) in [7, 11) is 3.75. The smallest absolute Gasteiger partial charge is 0.387 e. The molecular formula is C16H22Cl2F2N4O. The molecule has 140 valence electrons. The summed E-state index contributed by atoms with van der Waals surface area (Å²) in [4.78, 5) is 6.43. The van der Waals surface area contributed by atoms with Gasteiger partial charge in [-0.1, -0.05) is 23.2 Å². The van der Waals surface area contributed by atoms with Gasteiger partial charge in [-0.05, 0) is 38.1 Å². The lowest BCUT2D eigenvalue weighted by molar-refractivity contribution is -0.0504. The first-order valence-corrected chi connectivity index (χ1v) is 8.70. The molecule has 1 aliphatic heterocycles. The molecule has 0 saturated carbocycles. The molecule has 0 spiro atoms. The summed E-state index contributed by atoms with van der Waals surface area (Å²) in [6.07, 6.45) is 1.14. The number of aliphatic imine (C=N–C) groups is 1. The van der Waals surface area contributed by atoms with Gasteiger partial charge >= 0.3 is 6.61 Å². The number of alkyl halides is 2. The summed E-state index contributed by atoms with van der Waals surface area (Å²) in [6, 6.07) is 2.91. The van der Waals surface area contributed by atoms with Gasteiger partial charge in [0, 0.05) is 37.3 Å². The van der Waals surface area contributed by atoms with Crippen molar-refractivity contribution in [3.05, 3.63) is 27.7 Å². The summed E-state index contributed by atoms with van der Waals surface area (Å²) < 4.78 is 29.7. The van der Waals surface area contributed by atoms with Crippen LogP contribution in [0.15, 0.2) is 17.1 Å². The molecule has 0 aromatic heterocycles. The number of rotatable bonds is 6. The minimum atomic E-state index is -2.96. The fraction of sp³-hybridized carbons (Fsp3) is 0.562. The number of nitrogens with one attached hydrogen (secondary N) is 2. The van der Waals surface area contributed by atoms with Gasteiger partial charge in [-0.3, -0.25) is 4.99 Å². The third kappa shape index (κ3) is 6.17. The summed E-state index contributed by atoms with van der Waals surface area (Å²) in [5.74, 6) is 1.05. The SMILES string of the molecule is CN=C(NCc1cc(Cl)cc(Cl)c1OC(F)F)NCC1CCN(C)C1. The number of nitrogens with zero attached hydrogens (tertiary/aromatic N) is 2. The van der Waals surface area contributed by atoms with Crippen LogP contribution in [0.5, 0.6) is 5.75 Å². The number of hydrogen-bond acceptors (Lipinski definition) is 3. The molecule has 9 heteroatoms. The van der Waals surface area contributed by atoms with Gasteiger partial charge in [0.25, 0.3) is 0 Å². The Kier molecular flexibility index (Phi) is 7.53. The molecule has 2 N–H and O–H groups in total. The Bertz CT molecular complexity index is 616. The zero-order valence-corrected chi connectivity index (χ0v) is 15.7. The van der Waals surface area contributed by atoms with Gasteiger partial charge in [-0.15, -0.1) is 0 Å². The van der Waals surface area contributed by atoms with Crippen LogP contribution in [0.25, 0.3) is 0 Å². The van der Waals surface area contributed by atoms with E-state index in [2.05, 4.69) is 32.3 Å². The number of likely N-dealkylation sites (tertiary alicyclic amines) is 1. The highest BCUT2D eigenvalue weighted by molar-refractivity contribution is 6.35. The van der Waals surface area contributed by atoms with Crippen LogP contribution in [-0.4, -0.2) is 51.2 Å². The van der Waals surface area contributed by atoms with Crippen molar-refractivity contribution in [3.63, 3.8) is 0 Å². The minimum absolute atomic E-state index is 0.0431. The van der Waals surface area contributed by atoms with Crippen molar-refractivity contribution in [3.8, 4) is 5.75 Å². The number of hydrogen-bond donors (Lipinski definition) is 2. The molecule has 0 amide bonds. The van der Waals surface area contributed by atoms with Crippen molar-refractivity contribution < 1.29 is 13.5 Å². The molecule has 1 unspecified atom stereocenters. The molecule has 1 atom stereocenters. The predicted molar refractivity (Wildman–Crippen MR) is 96.9 cm³/mol. The maximum atomic E-state index is 12.6. The zero-order valence-electron chi connectivity index (χ0n) is 14.2. The third-order valence-corrected chi connectivity index (χ3v) is 4.51. The third-order valence-electron chi connectivity index (χ3n) is 4.01. The Morgan fingerprint density at radius 2 is 2.16 bits per heavy atom. The van der Waals surface area contributed by atoms with E-state index in [1.165, 1.54) is 12.1 Å². The fourth-order valence-corrected chi connectivity index (χ4v) is 3.38. The molecule has 0 bridgehead atoms. The van der Waals surface area contributed by atoms with Crippen LogP contribution in [0.3, 0.4) is 0 Å². The second-order valence-corrected chi connectivity index (χ2v) is 6.82. The predicted octanol–water partition coefficient (Wildman–Crippen LogP) is 3.21. The molecule has 0 aliphatic carbocycles. The highest BCUT2D eigenvalue weighted by Crippen LogP contribution is 2.33. The van der Waals surface area contributed by atoms with E-state index in [4.69, 9.17) is 23.2 Å². The molecule has 1 aromatic rings. The minimum Gasteiger partial charge on any atom is -0.433 e. The van der Waals surface area contributed by atoms with Gasteiger partial charge in [0.05, 0.1) is 5.02 Å². The summed E-state index contributed by atoms with van der Waals surface area (Å²) in [5, 5.41) is 6.71. The van der Waals surface area contributed by atoms with Crippen molar-refractivity contribution in [1.29, 1.82) is 0 Å². The Labute approximate surface area is 156 Å². The van der Waals surface area contributed by atoms with Crippen molar-refractivity contribution in [2.45, 2.75) is 19.6 Å². The van der Waals surface area contributed by atoms with Crippen molar-refractivity contribution in [2.75, 3.05) is 33.7 Å². The highest BCUT2D eigenvalue weighted by atomic mass is 35.5. The van der Waals surface area contributed by atoms with E-state index in [1.807, 2.05) is 0 Å². The van der Waals surface area contributed by atoms with E-state index in [9.17, 15) is 8.78 Å². The lowest BCUT2D eigenvalue weighted by atomic mass is 10.1. The number of halogens is 4. The quantitative estimate of drug-likeness (QED) is 0.574. The average molecular weight is 395 g/mol. The lowest BCUT2D eigenvalue weighted by Crippen LogP contribution is -2.39. The second-order valence-electron chi connectivity index (χ2n) is 5.98. The van der Waals surface area contributed by atoms with E-state index in [0.29, 0.717) is 22.5 Å². The van der Waals surface area contributed by atoms with Gasteiger partial charge in [0.15, 0.2) is 5.96 Å². The molecule has 1 aromatic carbocycles. The Morgan fingerprint density at radius 1 is 1.40 bits per heavy atom. The molecule has 1 fully saturated rings. The normalized spacial score (nSPS) is 18.7. The topological polar surface area (TPSA) is 48.9 Å². The van der Waals surface area contributed by atoms with Gasteiger partial charge in [-0.25, -0.2) is 0 Å². The van der Waals surface area contributed by atoms with Crippen molar-refractivity contribution in [1.82, 2.24) is 15.5 Å². The first-order valence-electron chi connectivity index (χ1n) is 7.94. The first kappa shape index (κ1) is 20.0. The van der Waals surface area contributed by atoms with Crippen molar-refractivity contribution in [2.24, 2.45) is 10.9 Å². The number of guanidine groups is 1. The molecule has 0 radical (unpaired) electrons. The monoisotopic (exact) mass is 394 g/mol. The van der Waals surface area contributed by atoms with E-state index >= 15 is 0 Å². The largest absolute Gasteiger partial charge is 0.433 e. The van der Waals surface area contributed by atoms with E-state index in [-0.39, 0.29) is 17.3 Å². The van der Waals surface area contributed by atoms with Crippen LogP contribution in [0, 0.1) is 5.92 Å². The summed E-state index contributed by atoms with van der Waals surface area (Å²) in [6.45, 7) is 0.163. The van der Waals surface area contributed by atoms with Crippen LogP contribution in [0.1, 0.15) is 12.0 Å². The van der Waals surface area contributed by atoms with Gasteiger partial charge in [0.2, 0.25) is 0 Å². The van der Waals surface area contributed by atoms with Gasteiger partial charge in [0.1, 0.15) is 5.75 Å². The van der Waals surface area contributed by atoms with Crippen LogP contribution in [0.2, 0.25) is 10.0 Å². The molecular weight excluding hydrogens is 373 g/mol. The van der Waals surface area contributed by atoms with Crippen LogP contribution < -0.4 is 15.4 Å². The van der Waals surface area contributed by atoms with Crippen LogP contribution in [-0.2, 0) is 6.54 Å². The van der Waals surface area contributed by atoms with E-state index in [0.717, 1.165) is 26.1 Å². The van der Waals surface area contributed by atoms with Crippen LogP contribution in [0.4, 0.5) is 8.78 Å². The maximum absolute atomic E-state index is 12.6. The Balaban J connectivity index is 1.96. The zero-order chi connectivity index (χ0) is 18.4. The lowest BCUT2D eigenvalue weighted by Gasteiger charge is -2.17. The first-order chi connectivity index (χ1) is 11.9. The van der Waals surface area contributed by atoms with E-state index < -0.39 is 6.61 Å². The summed E-state index contributed by atoms with van der Waals surface area (Å²) in [5.41, 5.74) is 0.432. The van der Waals surface area contributed by atoms with Gasteiger partial charge < -0.3 is 20.3 Å². The van der Waals surface area contributed by atoms with Crippen LogP contribution >= 0.6 is 23.2 Å². The molecule has 5 nitrogen and oxygen atoms in total. The molecule has 1 heterocycles. The molecule has 2 rings (SSSR count). The number of benzene rings is 1. The average Bonchev–Trinajstić information content (AvgIpc) is 2.95. The maximum Gasteiger partial charge on any atom is 0.387 e. The Morgan fingerprint density at radius 3 is 2.76 bits per heavy atom. The summed E-state index contributed by atoms with van der Waals surface area (Å²) >= 11 is 11.9. The highest BCUT2D eigenvalue weighted by Gasteiger charge is 2.20. The fourth-order valence-electron chi connectivity index (χ4n) is 2.80.